The molecule has 3 rings (SSSR count). The van der Waals surface area contributed by atoms with Gasteiger partial charge in [0.1, 0.15) is 11.4 Å². The Bertz CT molecular complexity index is 917. The second-order valence-corrected chi connectivity index (χ2v) is 9.79. The van der Waals surface area contributed by atoms with Crippen LogP contribution in [0.1, 0.15) is 31.9 Å². The van der Waals surface area contributed by atoms with Crippen LogP contribution in [0.3, 0.4) is 0 Å². The Morgan fingerprint density at radius 3 is 2.24 bits per heavy atom. The van der Waals surface area contributed by atoms with E-state index in [0.717, 1.165) is 31.6 Å². The maximum Gasteiger partial charge on any atom is 0.320 e. The van der Waals surface area contributed by atoms with Gasteiger partial charge in [0, 0.05) is 32.7 Å². The van der Waals surface area contributed by atoms with Crippen molar-refractivity contribution in [1.29, 1.82) is 0 Å². The number of rotatable bonds is 9. The molecule has 2 N–H and O–H groups in total. The highest BCUT2D eigenvalue weighted by molar-refractivity contribution is 5.83. The minimum Gasteiger partial charge on any atom is -0.508 e. The first-order valence-electron chi connectivity index (χ1n) is 12.0. The van der Waals surface area contributed by atoms with Gasteiger partial charge >= 0.3 is 5.97 Å². The number of ether oxygens (including phenoxy) is 1. The Hall–Kier alpha value is -2.90. The van der Waals surface area contributed by atoms with E-state index in [1.165, 1.54) is 5.56 Å². The van der Waals surface area contributed by atoms with Crippen LogP contribution in [0.25, 0.3) is 0 Å². The Balaban J connectivity index is 1.56. The third-order valence-electron chi connectivity index (χ3n) is 5.83. The van der Waals surface area contributed by atoms with Crippen LogP contribution in [-0.4, -0.2) is 77.7 Å². The van der Waals surface area contributed by atoms with Crippen molar-refractivity contribution >= 4 is 11.9 Å². The van der Waals surface area contributed by atoms with Gasteiger partial charge in [0.15, 0.2) is 0 Å². The van der Waals surface area contributed by atoms with Crippen LogP contribution in [0, 0.1) is 0 Å². The highest BCUT2D eigenvalue weighted by atomic mass is 16.6. The van der Waals surface area contributed by atoms with E-state index in [2.05, 4.69) is 34.5 Å². The van der Waals surface area contributed by atoms with Crippen molar-refractivity contribution in [3.05, 3.63) is 65.7 Å². The van der Waals surface area contributed by atoms with Crippen molar-refractivity contribution in [2.24, 2.45) is 0 Å². The minimum atomic E-state index is -0.578. The van der Waals surface area contributed by atoms with Gasteiger partial charge in [0.2, 0.25) is 5.91 Å². The second kappa shape index (κ2) is 12.0. The minimum absolute atomic E-state index is 0.0145. The van der Waals surface area contributed by atoms with Crippen LogP contribution in [0.2, 0.25) is 0 Å². The molecule has 1 heterocycles. The molecular formula is C27H37N3O4. The number of phenols is 1. The highest BCUT2D eigenvalue weighted by Gasteiger charge is 2.28. The highest BCUT2D eigenvalue weighted by Crippen LogP contribution is 2.14. The molecule has 0 radical (unpaired) electrons. The fraction of sp³-hybridized carbons (Fsp3) is 0.481. The van der Waals surface area contributed by atoms with Crippen LogP contribution >= 0.6 is 0 Å². The molecule has 1 fully saturated rings. The zero-order chi connectivity index (χ0) is 24.6. The lowest BCUT2D eigenvalue weighted by molar-refractivity contribution is -0.153. The van der Waals surface area contributed by atoms with Gasteiger partial charge in [0.05, 0.1) is 12.6 Å². The molecule has 2 aromatic rings. The molecule has 0 aliphatic carbocycles. The summed E-state index contributed by atoms with van der Waals surface area (Å²) < 4.78 is 5.39. The van der Waals surface area contributed by atoms with Crippen molar-refractivity contribution in [1.82, 2.24) is 15.1 Å². The predicted molar refractivity (Wildman–Crippen MR) is 133 cm³/mol. The van der Waals surface area contributed by atoms with Crippen molar-refractivity contribution in [2.45, 2.75) is 45.3 Å². The van der Waals surface area contributed by atoms with E-state index in [9.17, 15) is 14.7 Å². The van der Waals surface area contributed by atoms with E-state index in [1.807, 2.05) is 31.7 Å². The standard InChI is InChI=1S/C27H37N3O4/c1-27(2,3)34-25(32)20-28-24(19-22-9-11-23(31)12-10-22)26(33)30-17-15-29(16-18-30)14-13-21-7-5-4-6-8-21/h4-12,24,28,31H,13-20H2,1-3H3. The maximum atomic E-state index is 13.4. The average Bonchev–Trinajstić information content (AvgIpc) is 2.81. The van der Waals surface area contributed by atoms with Gasteiger partial charge in [-0.05, 0) is 56.9 Å². The molecule has 1 unspecified atom stereocenters. The first-order chi connectivity index (χ1) is 16.2. The average molecular weight is 468 g/mol. The van der Waals surface area contributed by atoms with E-state index in [-0.39, 0.29) is 24.2 Å². The van der Waals surface area contributed by atoms with Gasteiger partial charge in [-0.3, -0.25) is 19.8 Å². The normalized spacial score (nSPS) is 15.7. The number of nitrogens with zero attached hydrogens (tertiary/aromatic N) is 2. The van der Waals surface area contributed by atoms with Gasteiger partial charge < -0.3 is 14.7 Å². The number of hydrogen-bond acceptors (Lipinski definition) is 6. The molecule has 7 heteroatoms. The number of aromatic hydroxyl groups is 1. The summed E-state index contributed by atoms with van der Waals surface area (Å²) in [6.07, 6.45) is 1.42. The van der Waals surface area contributed by atoms with Gasteiger partial charge in [-0.1, -0.05) is 42.5 Å². The van der Waals surface area contributed by atoms with E-state index in [4.69, 9.17) is 4.74 Å². The van der Waals surface area contributed by atoms with Crippen molar-refractivity contribution in [3.8, 4) is 5.75 Å². The number of benzene rings is 2. The summed E-state index contributed by atoms with van der Waals surface area (Å²) in [6.45, 7) is 9.38. The summed E-state index contributed by atoms with van der Waals surface area (Å²) in [5.74, 6) is -0.221. The summed E-state index contributed by atoms with van der Waals surface area (Å²) in [7, 11) is 0. The molecule has 34 heavy (non-hydrogen) atoms. The lowest BCUT2D eigenvalue weighted by atomic mass is 10.0. The lowest BCUT2D eigenvalue weighted by Crippen LogP contribution is -2.55. The maximum absolute atomic E-state index is 13.4. The summed E-state index contributed by atoms with van der Waals surface area (Å²) >= 11 is 0. The fourth-order valence-corrected chi connectivity index (χ4v) is 4.04. The van der Waals surface area contributed by atoms with Crippen LogP contribution in [-0.2, 0) is 27.2 Å². The smallest absolute Gasteiger partial charge is 0.320 e. The molecule has 1 aliphatic rings. The molecule has 1 atom stereocenters. The fourth-order valence-electron chi connectivity index (χ4n) is 4.04. The van der Waals surface area contributed by atoms with E-state index >= 15 is 0 Å². The number of esters is 1. The number of carbonyl (C=O) groups is 2. The number of phenolic OH excluding ortho intramolecular Hbond substituents is 1. The van der Waals surface area contributed by atoms with Gasteiger partial charge in [-0.2, -0.15) is 0 Å². The molecule has 2 aromatic carbocycles. The molecule has 0 spiro atoms. The molecule has 0 bridgehead atoms. The quantitative estimate of drug-likeness (QED) is 0.552. The molecule has 7 nitrogen and oxygen atoms in total. The van der Waals surface area contributed by atoms with Crippen LogP contribution in [0.5, 0.6) is 5.75 Å². The summed E-state index contributed by atoms with van der Waals surface area (Å²) in [5.41, 5.74) is 1.65. The van der Waals surface area contributed by atoms with Crippen LogP contribution in [0.4, 0.5) is 0 Å². The Kier molecular flexibility index (Phi) is 9.07. The van der Waals surface area contributed by atoms with Crippen LogP contribution in [0.15, 0.2) is 54.6 Å². The second-order valence-electron chi connectivity index (χ2n) is 9.79. The Morgan fingerprint density at radius 2 is 1.62 bits per heavy atom. The summed E-state index contributed by atoms with van der Waals surface area (Å²) in [4.78, 5) is 29.9. The first kappa shape index (κ1) is 25.7. The SMILES string of the molecule is CC(C)(C)OC(=O)CNC(Cc1ccc(O)cc1)C(=O)N1CCN(CCc2ccccc2)CC1. The molecule has 1 saturated heterocycles. The number of carbonyl (C=O) groups excluding carboxylic acids is 2. The number of amides is 1. The first-order valence-corrected chi connectivity index (χ1v) is 12.0. The largest absolute Gasteiger partial charge is 0.508 e. The molecule has 1 amide bonds. The third kappa shape index (κ3) is 8.47. The molecule has 184 valence electrons. The monoisotopic (exact) mass is 467 g/mol. The molecule has 0 aromatic heterocycles. The van der Waals surface area contributed by atoms with Gasteiger partial charge in [-0.15, -0.1) is 0 Å². The van der Waals surface area contributed by atoms with E-state index in [0.29, 0.717) is 19.5 Å². The molecular weight excluding hydrogens is 430 g/mol. The molecule has 0 saturated carbocycles. The summed E-state index contributed by atoms with van der Waals surface area (Å²) in [5, 5.41) is 12.7. The topological polar surface area (TPSA) is 82.1 Å². The Morgan fingerprint density at radius 1 is 0.971 bits per heavy atom. The van der Waals surface area contributed by atoms with E-state index < -0.39 is 11.6 Å². The molecule has 1 aliphatic heterocycles. The van der Waals surface area contributed by atoms with Gasteiger partial charge in [-0.25, -0.2) is 0 Å². The van der Waals surface area contributed by atoms with Crippen molar-refractivity contribution in [3.63, 3.8) is 0 Å². The predicted octanol–water partition coefficient (Wildman–Crippen LogP) is 2.62. The zero-order valence-electron chi connectivity index (χ0n) is 20.5. The number of hydrogen-bond donors (Lipinski definition) is 2. The van der Waals surface area contributed by atoms with Gasteiger partial charge in [0.25, 0.3) is 0 Å². The van der Waals surface area contributed by atoms with Crippen LogP contribution < -0.4 is 5.32 Å². The van der Waals surface area contributed by atoms with Crippen molar-refractivity contribution < 1.29 is 19.4 Å². The summed E-state index contributed by atoms with van der Waals surface area (Å²) in [6, 6.07) is 16.7. The van der Waals surface area contributed by atoms with Crippen molar-refractivity contribution in [2.75, 3.05) is 39.3 Å². The lowest BCUT2D eigenvalue weighted by Gasteiger charge is -2.36. The van der Waals surface area contributed by atoms with E-state index in [1.54, 1.807) is 24.3 Å². The third-order valence-corrected chi connectivity index (χ3v) is 5.83. The number of piperazine rings is 1. The zero-order valence-corrected chi connectivity index (χ0v) is 20.5. The number of nitrogens with one attached hydrogen (secondary N) is 1. The Labute approximate surface area is 202 Å².